The Morgan fingerprint density at radius 1 is 0.964 bits per heavy atom. The van der Waals surface area contributed by atoms with Crippen LogP contribution in [0.4, 0.5) is 0 Å². The monoisotopic (exact) mass is 519 g/mol. The topological polar surface area (TPSA) is 15.8 Å². The summed E-state index contributed by atoms with van der Waals surface area (Å²) in [5.74, 6) is -1.30. The minimum absolute atomic E-state index is 0. The summed E-state index contributed by atoms with van der Waals surface area (Å²) < 4.78 is 14.4. The van der Waals surface area contributed by atoms with Gasteiger partial charge in [-0.2, -0.15) is 0 Å². The summed E-state index contributed by atoms with van der Waals surface area (Å²) >= 11 is -5.17. The first-order valence-electron chi connectivity index (χ1n) is 10.3. The largest absolute Gasteiger partial charge is 0.147 e. The van der Waals surface area contributed by atoms with E-state index in [9.17, 15) is 0 Å². The normalized spacial score (nSPS) is 20.3. The average molecular weight is 522 g/mol. The number of H-pyrrole nitrogens is 1. The number of para-hydroxylation sites is 1. The third-order valence-electron chi connectivity index (χ3n) is 13.0. The van der Waals surface area contributed by atoms with Gasteiger partial charge in [-0.3, -0.25) is 0 Å². The molecule has 0 spiro atoms. The molecule has 0 saturated carbocycles. The molecule has 1 aliphatic rings. The number of fused-ring (bicyclic) bond motifs is 1. The zero-order valence-electron chi connectivity index (χ0n) is 19.2. The molecule has 0 radical (unpaired) electrons. The molecule has 0 atom stereocenters. The maximum Gasteiger partial charge on any atom is -0.147 e. The fourth-order valence-corrected chi connectivity index (χ4v) is 49.2. The van der Waals surface area contributed by atoms with E-state index >= 15 is 0 Å². The molecule has 1 aliphatic carbocycles. The first kappa shape index (κ1) is 26.0. The quantitative estimate of drug-likeness (QED) is 0.392. The second-order valence-electron chi connectivity index (χ2n) is 15.0. The van der Waals surface area contributed by atoms with Gasteiger partial charge in [0.2, 0.25) is 0 Å². The van der Waals surface area contributed by atoms with Crippen molar-refractivity contribution in [3.63, 3.8) is 0 Å². The van der Waals surface area contributed by atoms with Gasteiger partial charge < -0.3 is 0 Å². The van der Waals surface area contributed by atoms with E-state index in [2.05, 4.69) is 106 Å². The maximum atomic E-state index is 4.01. The van der Waals surface area contributed by atoms with Crippen LogP contribution >= 0.6 is 24.8 Å². The number of hydrogen-bond acceptors (Lipinski definition) is 0. The molecule has 0 fully saturated rings. The molecule has 1 aromatic heterocycles. The van der Waals surface area contributed by atoms with E-state index in [0.29, 0.717) is 0 Å². The summed E-state index contributed by atoms with van der Waals surface area (Å²) in [6, 6.07) is 11.3. The standard InChI is InChI=1S/C8H6N.C5H5.C4H9.C2H7Si.4CH3.2ClH.Zr/c1-2-4-8-7(3-1)5-6-9-8;1-2-4-5-3-1;1-4(2)3;1-3-2;;;;;;;/h1-5,9H;1-3H,4H2;1-3H3;3H,1-2H3;4*1H3;2*1H;. The molecule has 1 nitrogen and oxygen atoms in total. The van der Waals surface area contributed by atoms with Crippen LogP contribution in [0.1, 0.15) is 27.2 Å². The number of aromatic nitrogens is 1. The summed E-state index contributed by atoms with van der Waals surface area (Å²) in [7, 11) is 0. The Kier molecular flexibility index (Phi) is 4.83. The fraction of sp³-hybridized carbons (Fsp3) is 0.478. The van der Waals surface area contributed by atoms with E-state index in [4.69, 9.17) is 0 Å². The Labute approximate surface area is 176 Å². The van der Waals surface area contributed by atoms with Crippen molar-refractivity contribution in [3.8, 4) is 0 Å². The summed E-state index contributed by atoms with van der Waals surface area (Å²) in [6.07, 6.45) is 8.23. The van der Waals surface area contributed by atoms with Crippen LogP contribution in [0.2, 0.25) is 34.7 Å². The van der Waals surface area contributed by atoms with Crippen LogP contribution in [0.25, 0.3) is 10.9 Å². The molecule has 2 aromatic rings. The van der Waals surface area contributed by atoms with E-state index in [1.807, 2.05) is 0 Å². The molecule has 0 bridgehead atoms. The summed E-state index contributed by atoms with van der Waals surface area (Å²) in [4.78, 5) is 4.01. The first-order chi connectivity index (χ1) is 11.5. The van der Waals surface area contributed by atoms with Crippen LogP contribution in [0.15, 0.2) is 51.8 Å². The van der Waals surface area contributed by atoms with E-state index < -0.39 is 19.4 Å². The van der Waals surface area contributed by atoms with Gasteiger partial charge in [0, 0.05) is 0 Å². The van der Waals surface area contributed by atoms with Crippen LogP contribution in [-0.4, -0.2) is 10.9 Å². The van der Waals surface area contributed by atoms with Crippen LogP contribution in [0, 0.1) is 0 Å². The molecule has 160 valence electrons. The van der Waals surface area contributed by atoms with Gasteiger partial charge in [-0.25, -0.2) is 0 Å². The van der Waals surface area contributed by atoms with Gasteiger partial charge in [0.25, 0.3) is 0 Å². The second-order valence-corrected chi connectivity index (χ2v) is 90.3. The summed E-state index contributed by atoms with van der Waals surface area (Å²) in [5.41, 5.74) is 1.27. The molecule has 0 unspecified atom stereocenters. The minimum atomic E-state index is -5.17. The maximum absolute atomic E-state index is 5.17. The number of aromatic amines is 1. The summed E-state index contributed by atoms with van der Waals surface area (Å²) in [5, 5.41) is 1.34. The van der Waals surface area contributed by atoms with Gasteiger partial charge in [-0.1, -0.05) is 0 Å². The number of hydrogen-bond donors (Lipinski definition) is 1. The molecule has 0 aliphatic heterocycles. The second kappa shape index (κ2) is 5.21. The molecule has 28 heavy (non-hydrogen) atoms. The molecular formula is C23H41Cl2NSiZr. The van der Waals surface area contributed by atoms with Crippen molar-refractivity contribution in [1.29, 1.82) is 0 Å². The van der Waals surface area contributed by atoms with Crippen LogP contribution in [-0.2, 0) is 13.5 Å². The van der Waals surface area contributed by atoms with Crippen molar-refractivity contribution >= 4 is 45.0 Å². The Balaban J connectivity index is 0.00000196. The van der Waals surface area contributed by atoms with Gasteiger partial charge in [0.1, 0.15) is 0 Å². The van der Waals surface area contributed by atoms with E-state index in [-0.39, 0.29) is 27.9 Å². The molecular weight excluding hydrogens is 480 g/mol. The Morgan fingerprint density at radius 3 is 1.96 bits per heavy atom. The number of nitrogens with one attached hydrogen (secondary N) is 1. The van der Waals surface area contributed by atoms with Gasteiger partial charge in [-0.05, 0) is 0 Å². The van der Waals surface area contributed by atoms with Crippen molar-refractivity contribution in [3.05, 3.63) is 51.8 Å². The van der Waals surface area contributed by atoms with Gasteiger partial charge in [0.15, 0.2) is 0 Å². The number of halogens is 2. The van der Waals surface area contributed by atoms with Crippen molar-refractivity contribution < 1.29 is 13.5 Å². The van der Waals surface area contributed by atoms with Crippen molar-refractivity contribution in [2.45, 2.75) is 61.9 Å². The molecule has 3 rings (SSSR count). The minimum Gasteiger partial charge on any atom is -0.147 e. The SMILES string of the molecule is C[SiH](C)[Zr]([CH3])([CH3])([CH3])([CH3])([C]1=CC=CC1)([c]1cc2ccccc2[nH]1)[C](C)(C)C.Cl.Cl. The van der Waals surface area contributed by atoms with Crippen LogP contribution in [0.3, 0.4) is 0 Å². The van der Waals surface area contributed by atoms with Crippen LogP contribution in [0.5, 0.6) is 0 Å². The number of allylic oxidation sites excluding steroid dienone is 4. The van der Waals surface area contributed by atoms with Gasteiger partial charge in [-0.15, -0.1) is 24.8 Å². The van der Waals surface area contributed by atoms with Crippen molar-refractivity contribution in [1.82, 2.24) is 4.98 Å². The van der Waals surface area contributed by atoms with E-state index in [1.54, 1.807) is 3.28 Å². The Bertz CT molecular complexity index is 1020. The third-order valence-corrected chi connectivity index (χ3v) is 114. The predicted molar refractivity (Wildman–Crippen MR) is 136 cm³/mol. The molecule has 0 amide bonds. The van der Waals surface area contributed by atoms with Crippen LogP contribution < -0.4 is 3.40 Å². The van der Waals surface area contributed by atoms with E-state index in [1.165, 1.54) is 14.3 Å². The number of rotatable bonds is 3. The molecule has 1 N–H and O–H groups in total. The average Bonchev–Trinajstić information content (AvgIpc) is 3.17. The Hall–Kier alpha value is -0.0800. The predicted octanol–water partition coefficient (Wildman–Crippen LogP) is 8.17. The summed E-state index contributed by atoms with van der Waals surface area (Å²) in [6.45, 7) is 12.8. The first-order valence-corrected chi connectivity index (χ1v) is 31.0. The molecule has 1 heterocycles. The molecule has 5 heteroatoms. The molecule has 1 aromatic carbocycles. The zero-order valence-corrected chi connectivity index (χ0v) is 24.5. The number of benzene rings is 1. The zero-order chi connectivity index (χ0) is 19.8. The smallest absolute Gasteiger partial charge is 0.147 e. The van der Waals surface area contributed by atoms with Gasteiger partial charge in [0.05, 0.1) is 0 Å². The van der Waals surface area contributed by atoms with Crippen molar-refractivity contribution in [2.24, 2.45) is 0 Å². The van der Waals surface area contributed by atoms with Gasteiger partial charge >= 0.3 is 152 Å². The fourth-order valence-electron chi connectivity index (χ4n) is 5.91. The van der Waals surface area contributed by atoms with Crippen molar-refractivity contribution in [2.75, 3.05) is 0 Å². The van der Waals surface area contributed by atoms with E-state index in [0.717, 1.165) is 6.42 Å². The molecule has 0 saturated heterocycles. The Morgan fingerprint density at radius 2 is 1.54 bits per heavy atom. The third kappa shape index (κ3) is 2.04.